The van der Waals surface area contributed by atoms with Crippen molar-refractivity contribution in [1.82, 2.24) is 9.78 Å². The Balaban J connectivity index is 1.86. The van der Waals surface area contributed by atoms with E-state index in [1.54, 1.807) is 35.0 Å². The highest BCUT2D eigenvalue weighted by Gasteiger charge is 2.13. The van der Waals surface area contributed by atoms with Crippen molar-refractivity contribution in [3.05, 3.63) is 70.8 Å². The van der Waals surface area contributed by atoms with Crippen molar-refractivity contribution in [2.75, 3.05) is 5.32 Å². The van der Waals surface area contributed by atoms with Crippen molar-refractivity contribution in [1.29, 1.82) is 0 Å². The van der Waals surface area contributed by atoms with Gasteiger partial charge in [-0.1, -0.05) is 23.7 Å². The quantitative estimate of drug-likeness (QED) is 0.753. The Bertz CT molecular complexity index is 919. The van der Waals surface area contributed by atoms with Gasteiger partial charge in [0.05, 0.1) is 12.1 Å². The average Bonchev–Trinajstić information content (AvgIpc) is 2.87. The summed E-state index contributed by atoms with van der Waals surface area (Å²) in [7, 11) is 1.81. The summed E-state index contributed by atoms with van der Waals surface area (Å²) in [6.45, 7) is 1.86. The van der Waals surface area contributed by atoms with Crippen LogP contribution in [0.5, 0.6) is 0 Å². The van der Waals surface area contributed by atoms with Gasteiger partial charge in [-0.2, -0.15) is 5.10 Å². The molecule has 6 heteroatoms. The molecule has 0 aliphatic heterocycles. The van der Waals surface area contributed by atoms with Gasteiger partial charge in [0.2, 0.25) is 5.91 Å². The van der Waals surface area contributed by atoms with Crippen LogP contribution >= 0.6 is 11.6 Å². The summed E-state index contributed by atoms with van der Waals surface area (Å²) in [6.07, 6.45) is 2.02. The highest BCUT2D eigenvalue weighted by molar-refractivity contribution is 6.30. The molecule has 25 heavy (non-hydrogen) atoms. The van der Waals surface area contributed by atoms with E-state index in [0.29, 0.717) is 16.3 Å². The smallest absolute Gasteiger partial charge is 0.228 e. The summed E-state index contributed by atoms with van der Waals surface area (Å²) >= 11 is 5.91. The second kappa shape index (κ2) is 7.07. The van der Waals surface area contributed by atoms with Crippen LogP contribution in [0.15, 0.2) is 48.7 Å². The van der Waals surface area contributed by atoms with Gasteiger partial charge in [-0.3, -0.25) is 9.48 Å². The molecule has 1 N–H and O–H groups in total. The van der Waals surface area contributed by atoms with Crippen LogP contribution in [0.2, 0.25) is 5.02 Å². The first-order valence-electron chi connectivity index (χ1n) is 7.77. The molecule has 0 unspecified atom stereocenters. The van der Waals surface area contributed by atoms with Gasteiger partial charge in [0.25, 0.3) is 0 Å². The third kappa shape index (κ3) is 4.06. The maximum absolute atomic E-state index is 13.7. The third-order valence-corrected chi connectivity index (χ3v) is 4.13. The van der Waals surface area contributed by atoms with Crippen LogP contribution < -0.4 is 5.32 Å². The maximum Gasteiger partial charge on any atom is 0.228 e. The number of aromatic nitrogens is 2. The molecule has 1 aromatic heterocycles. The van der Waals surface area contributed by atoms with Crippen molar-refractivity contribution >= 4 is 23.2 Å². The zero-order valence-corrected chi connectivity index (χ0v) is 14.6. The fourth-order valence-corrected chi connectivity index (χ4v) is 2.81. The predicted octanol–water partition coefficient (Wildman–Crippen LogP) is 4.37. The van der Waals surface area contributed by atoms with Gasteiger partial charge in [0.1, 0.15) is 5.82 Å². The van der Waals surface area contributed by atoms with E-state index >= 15 is 0 Å². The summed E-state index contributed by atoms with van der Waals surface area (Å²) in [5, 5.41) is 7.69. The number of hydrogen-bond acceptors (Lipinski definition) is 2. The van der Waals surface area contributed by atoms with Crippen LogP contribution in [0.3, 0.4) is 0 Å². The van der Waals surface area contributed by atoms with E-state index in [9.17, 15) is 9.18 Å². The number of aryl methyl sites for hydroxylation is 2. The van der Waals surface area contributed by atoms with Gasteiger partial charge in [0.15, 0.2) is 0 Å². The molecule has 0 atom stereocenters. The minimum atomic E-state index is -0.369. The van der Waals surface area contributed by atoms with Crippen LogP contribution in [-0.2, 0) is 18.3 Å². The SMILES string of the molecule is Cc1nn(C)cc1CC(=O)Nc1ccc(F)cc1-c1ccc(Cl)cc1. The molecule has 1 heterocycles. The van der Waals surface area contributed by atoms with E-state index in [4.69, 9.17) is 11.6 Å². The van der Waals surface area contributed by atoms with E-state index < -0.39 is 0 Å². The van der Waals surface area contributed by atoms with Gasteiger partial charge in [-0.15, -0.1) is 0 Å². The van der Waals surface area contributed by atoms with Gasteiger partial charge >= 0.3 is 0 Å². The standard InChI is InChI=1S/C19H17ClFN3O/c1-12-14(11-24(2)23-12)9-19(25)22-18-8-7-16(21)10-17(18)13-3-5-15(20)6-4-13/h3-8,10-11H,9H2,1-2H3,(H,22,25). The lowest BCUT2D eigenvalue weighted by atomic mass is 10.0. The number of hydrogen-bond donors (Lipinski definition) is 1. The Kier molecular flexibility index (Phi) is 4.86. The summed E-state index contributed by atoms with van der Waals surface area (Å²) in [4.78, 5) is 12.4. The second-order valence-electron chi connectivity index (χ2n) is 5.84. The van der Waals surface area contributed by atoms with Gasteiger partial charge in [-0.25, -0.2) is 4.39 Å². The van der Waals surface area contributed by atoms with E-state index in [-0.39, 0.29) is 18.1 Å². The van der Waals surface area contributed by atoms with Crippen molar-refractivity contribution in [2.45, 2.75) is 13.3 Å². The number of benzene rings is 2. The van der Waals surface area contributed by atoms with Crippen molar-refractivity contribution in [3.8, 4) is 11.1 Å². The fraction of sp³-hybridized carbons (Fsp3) is 0.158. The molecule has 0 spiro atoms. The first kappa shape index (κ1) is 17.2. The summed E-state index contributed by atoms with van der Waals surface area (Å²) in [6, 6.07) is 11.3. The summed E-state index contributed by atoms with van der Waals surface area (Å²) in [5.41, 5.74) is 3.60. The largest absolute Gasteiger partial charge is 0.325 e. The molecule has 1 amide bonds. The van der Waals surface area contributed by atoms with E-state index in [1.165, 1.54) is 12.1 Å². The zero-order valence-electron chi connectivity index (χ0n) is 13.9. The van der Waals surface area contributed by atoms with E-state index in [2.05, 4.69) is 10.4 Å². The van der Waals surface area contributed by atoms with Crippen molar-refractivity contribution < 1.29 is 9.18 Å². The molecule has 0 radical (unpaired) electrons. The number of halogens is 2. The van der Waals surface area contributed by atoms with E-state index in [0.717, 1.165) is 16.8 Å². The number of nitrogens with one attached hydrogen (secondary N) is 1. The number of nitrogens with zero attached hydrogens (tertiary/aromatic N) is 2. The minimum absolute atomic E-state index is 0.182. The lowest BCUT2D eigenvalue weighted by Gasteiger charge is -2.12. The molecule has 3 aromatic rings. The molecule has 0 saturated heterocycles. The van der Waals surface area contributed by atoms with Gasteiger partial charge in [-0.05, 0) is 42.8 Å². The Morgan fingerprint density at radius 1 is 1.24 bits per heavy atom. The highest BCUT2D eigenvalue weighted by Crippen LogP contribution is 2.30. The molecule has 128 valence electrons. The van der Waals surface area contributed by atoms with Crippen LogP contribution in [0.25, 0.3) is 11.1 Å². The molecule has 4 nitrogen and oxygen atoms in total. The summed E-state index contributed by atoms with van der Waals surface area (Å²) < 4.78 is 15.4. The normalized spacial score (nSPS) is 10.7. The lowest BCUT2D eigenvalue weighted by Crippen LogP contribution is -2.15. The molecular formula is C19H17ClFN3O. The van der Waals surface area contributed by atoms with E-state index in [1.807, 2.05) is 20.2 Å². The first-order chi connectivity index (χ1) is 11.9. The Morgan fingerprint density at radius 2 is 1.96 bits per heavy atom. The maximum atomic E-state index is 13.7. The number of amides is 1. The van der Waals surface area contributed by atoms with Crippen molar-refractivity contribution in [3.63, 3.8) is 0 Å². The number of anilines is 1. The topological polar surface area (TPSA) is 46.9 Å². The number of carbonyl (C=O) groups excluding carboxylic acids is 1. The molecule has 0 aliphatic carbocycles. The molecule has 3 rings (SSSR count). The predicted molar refractivity (Wildman–Crippen MR) is 97.1 cm³/mol. The van der Waals surface area contributed by atoms with Gasteiger partial charge in [0, 0.05) is 35.1 Å². The Labute approximate surface area is 150 Å². The lowest BCUT2D eigenvalue weighted by molar-refractivity contribution is -0.115. The molecular weight excluding hydrogens is 341 g/mol. The Hall–Kier alpha value is -2.66. The molecule has 2 aromatic carbocycles. The first-order valence-corrected chi connectivity index (χ1v) is 8.14. The number of rotatable bonds is 4. The third-order valence-electron chi connectivity index (χ3n) is 3.88. The molecule has 0 fully saturated rings. The molecule has 0 bridgehead atoms. The van der Waals surface area contributed by atoms with Crippen LogP contribution in [0, 0.1) is 12.7 Å². The molecule has 0 saturated carbocycles. The summed E-state index contributed by atoms with van der Waals surface area (Å²) in [5.74, 6) is -0.552. The van der Waals surface area contributed by atoms with Crippen molar-refractivity contribution in [2.24, 2.45) is 7.05 Å². The number of carbonyl (C=O) groups is 1. The highest BCUT2D eigenvalue weighted by atomic mass is 35.5. The Morgan fingerprint density at radius 3 is 2.60 bits per heavy atom. The molecule has 0 aliphatic rings. The minimum Gasteiger partial charge on any atom is -0.325 e. The van der Waals surface area contributed by atoms with Crippen LogP contribution in [0.1, 0.15) is 11.3 Å². The average molecular weight is 358 g/mol. The van der Waals surface area contributed by atoms with Crippen LogP contribution in [0.4, 0.5) is 10.1 Å². The van der Waals surface area contributed by atoms with Crippen LogP contribution in [-0.4, -0.2) is 15.7 Å². The van der Waals surface area contributed by atoms with Gasteiger partial charge < -0.3 is 5.32 Å². The zero-order chi connectivity index (χ0) is 18.0. The fourth-order valence-electron chi connectivity index (χ4n) is 2.68. The monoisotopic (exact) mass is 357 g/mol. The second-order valence-corrected chi connectivity index (χ2v) is 6.27.